The van der Waals surface area contributed by atoms with Crippen LogP contribution in [0.3, 0.4) is 0 Å². The van der Waals surface area contributed by atoms with Crippen molar-refractivity contribution in [1.29, 1.82) is 0 Å². The van der Waals surface area contributed by atoms with E-state index in [0.29, 0.717) is 28.7 Å². The van der Waals surface area contributed by atoms with E-state index in [2.05, 4.69) is 0 Å². The summed E-state index contributed by atoms with van der Waals surface area (Å²) in [7, 11) is 5.44. The van der Waals surface area contributed by atoms with Crippen LogP contribution in [0.4, 0.5) is 0 Å². The molecule has 2 N–H and O–H groups in total. The van der Waals surface area contributed by atoms with Gasteiger partial charge < -0.3 is 24.8 Å². The molecule has 0 fully saturated rings. The third-order valence-electron chi connectivity index (χ3n) is 4.94. The number of amides is 1. The lowest BCUT2D eigenvalue weighted by Crippen LogP contribution is -2.26. The lowest BCUT2D eigenvalue weighted by atomic mass is 9.96. The van der Waals surface area contributed by atoms with Gasteiger partial charge in [0.25, 0.3) is 0 Å². The van der Waals surface area contributed by atoms with Gasteiger partial charge in [0.2, 0.25) is 5.91 Å². The monoisotopic (exact) mass is 378 g/mol. The smallest absolute Gasteiger partial charge is 0.219 e. The first kappa shape index (κ1) is 18.1. The predicted molar refractivity (Wildman–Crippen MR) is 107 cm³/mol. The predicted octanol–water partition coefficient (Wildman–Crippen LogP) is 4.22. The van der Waals surface area contributed by atoms with Gasteiger partial charge in [0.1, 0.15) is 5.75 Å². The van der Waals surface area contributed by atoms with Crippen molar-refractivity contribution in [3.8, 4) is 28.7 Å². The summed E-state index contributed by atoms with van der Waals surface area (Å²) in [5.41, 5.74) is 6.37. The standard InChI is InChI=1S/C22H22N2O4/c1-24(2)17(12-20(23)25)16-10-13-6-4-5-7-15(13)21-22(16)27-18-9-8-14(26-3)11-19(18)28-21/h4-11,17H,12H2,1-3H3,(H2,23,25). The fourth-order valence-electron chi connectivity index (χ4n) is 3.53. The minimum absolute atomic E-state index is 0.177. The van der Waals surface area contributed by atoms with Crippen molar-refractivity contribution in [2.45, 2.75) is 12.5 Å². The SMILES string of the molecule is COc1ccc2c(c1)Oc1c(c(C(CC(N)=O)N(C)C)cc3ccccc13)O2. The van der Waals surface area contributed by atoms with Gasteiger partial charge in [-0.25, -0.2) is 0 Å². The van der Waals surface area contributed by atoms with Crippen LogP contribution in [0.15, 0.2) is 48.5 Å². The zero-order valence-corrected chi connectivity index (χ0v) is 16.1. The highest BCUT2D eigenvalue weighted by Crippen LogP contribution is 2.53. The first-order chi connectivity index (χ1) is 13.5. The maximum Gasteiger partial charge on any atom is 0.219 e. The van der Waals surface area contributed by atoms with Gasteiger partial charge in [0.15, 0.2) is 23.0 Å². The minimum atomic E-state index is -0.373. The molecule has 1 atom stereocenters. The first-order valence-electron chi connectivity index (χ1n) is 9.02. The molecular formula is C22H22N2O4. The van der Waals surface area contributed by atoms with Gasteiger partial charge in [-0.3, -0.25) is 4.79 Å². The quantitative estimate of drug-likeness (QED) is 0.563. The molecule has 0 saturated carbocycles. The van der Waals surface area contributed by atoms with E-state index in [0.717, 1.165) is 16.3 Å². The van der Waals surface area contributed by atoms with Crippen LogP contribution in [0.25, 0.3) is 10.8 Å². The number of benzene rings is 3. The van der Waals surface area contributed by atoms with Crippen LogP contribution in [0.2, 0.25) is 0 Å². The highest BCUT2D eigenvalue weighted by atomic mass is 16.6. The third-order valence-corrected chi connectivity index (χ3v) is 4.94. The van der Waals surface area contributed by atoms with Gasteiger partial charge in [-0.15, -0.1) is 0 Å². The second-order valence-corrected chi connectivity index (χ2v) is 7.01. The summed E-state index contributed by atoms with van der Waals surface area (Å²) in [6.07, 6.45) is 0.177. The van der Waals surface area contributed by atoms with Crippen LogP contribution in [0.1, 0.15) is 18.0 Å². The molecule has 6 heteroatoms. The van der Waals surface area contributed by atoms with Crippen molar-refractivity contribution in [2.24, 2.45) is 5.73 Å². The Morgan fingerprint density at radius 3 is 2.54 bits per heavy atom. The minimum Gasteiger partial charge on any atom is -0.497 e. The largest absolute Gasteiger partial charge is 0.497 e. The van der Waals surface area contributed by atoms with E-state index in [-0.39, 0.29) is 18.4 Å². The number of hydrogen-bond acceptors (Lipinski definition) is 5. The number of rotatable bonds is 5. The number of nitrogens with zero attached hydrogens (tertiary/aromatic N) is 1. The van der Waals surface area contributed by atoms with Gasteiger partial charge in [-0.1, -0.05) is 24.3 Å². The second-order valence-electron chi connectivity index (χ2n) is 7.01. The number of carbonyl (C=O) groups excluding carboxylic acids is 1. The molecule has 1 aliphatic rings. The van der Waals surface area contributed by atoms with Gasteiger partial charge in [0.05, 0.1) is 7.11 Å². The van der Waals surface area contributed by atoms with Crippen LogP contribution >= 0.6 is 0 Å². The molecule has 28 heavy (non-hydrogen) atoms. The Morgan fingerprint density at radius 2 is 1.82 bits per heavy atom. The molecule has 3 aromatic rings. The average molecular weight is 378 g/mol. The molecule has 4 rings (SSSR count). The fraction of sp³-hybridized carbons (Fsp3) is 0.227. The van der Waals surface area contributed by atoms with Crippen molar-refractivity contribution < 1.29 is 19.0 Å². The number of ether oxygens (including phenoxy) is 3. The van der Waals surface area contributed by atoms with E-state index in [9.17, 15) is 4.79 Å². The Bertz CT molecular complexity index is 1060. The molecule has 6 nitrogen and oxygen atoms in total. The van der Waals surface area contributed by atoms with Gasteiger partial charge >= 0.3 is 0 Å². The Hall–Kier alpha value is -3.25. The van der Waals surface area contributed by atoms with Crippen molar-refractivity contribution in [1.82, 2.24) is 4.90 Å². The molecule has 1 aliphatic heterocycles. The number of primary amides is 1. The highest BCUT2D eigenvalue weighted by Gasteiger charge is 2.30. The summed E-state index contributed by atoms with van der Waals surface area (Å²) >= 11 is 0. The molecule has 3 aromatic carbocycles. The maximum atomic E-state index is 11.7. The van der Waals surface area contributed by atoms with Crippen LogP contribution in [0, 0.1) is 0 Å². The van der Waals surface area contributed by atoms with E-state index in [4.69, 9.17) is 19.9 Å². The van der Waals surface area contributed by atoms with Crippen LogP contribution < -0.4 is 19.9 Å². The lowest BCUT2D eigenvalue weighted by Gasteiger charge is -2.30. The second kappa shape index (κ2) is 7.05. The molecule has 0 radical (unpaired) electrons. The lowest BCUT2D eigenvalue weighted by molar-refractivity contribution is -0.119. The molecule has 0 aliphatic carbocycles. The van der Waals surface area contributed by atoms with E-state index >= 15 is 0 Å². The Balaban J connectivity index is 1.93. The normalized spacial score (nSPS) is 13.3. The number of hydrogen-bond donors (Lipinski definition) is 1. The van der Waals surface area contributed by atoms with E-state index in [1.54, 1.807) is 13.2 Å². The zero-order chi connectivity index (χ0) is 19.8. The number of methoxy groups -OCH3 is 1. The summed E-state index contributed by atoms with van der Waals surface area (Å²) in [5.74, 6) is 2.74. The van der Waals surface area contributed by atoms with Gasteiger partial charge in [-0.2, -0.15) is 0 Å². The number of fused-ring (bicyclic) bond motifs is 4. The van der Waals surface area contributed by atoms with Gasteiger partial charge in [0, 0.05) is 29.5 Å². The maximum absolute atomic E-state index is 11.7. The average Bonchev–Trinajstić information content (AvgIpc) is 2.69. The molecule has 0 saturated heterocycles. The first-order valence-corrected chi connectivity index (χ1v) is 9.02. The molecule has 144 valence electrons. The van der Waals surface area contributed by atoms with Gasteiger partial charge in [-0.05, 0) is 37.7 Å². The summed E-state index contributed by atoms with van der Waals surface area (Å²) in [5, 5.41) is 1.94. The van der Waals surface area contributed by atoms with E-state index < -0.39 is 0 Å². The van der Waals surface area contributed by atoms with Crippen molar-refractivity contribution in [3.05, 3.63) is 54.1 Å². The third kappa shape index (κ3) is 3.12. The van der Waals surface area contributed by atoms with Crippen molar-refractivity contribution in [3.63, 3.8) is 0 Å². The number of nitrogens with two attached hydrogens (primary N) is 1. The number of carbonyl (C=O) groups is 1. The summed E-state index contributed by atoms with van der Waals surface area (Å²) < 4.78 is 17.8. The Kier molecular flexibility index (Phi) is 4.57. The van der Waals surface area contributed by atoms with Crippen LogP contribution in [0.5, 0.6) is 28.7 Å². The zero-order valence-electron chi connectivity index (χ0n) is 16.1. The Labute approximate surface area is 163 Å². The fourth-order valence-corrected chi connectivity index (χ4v) is 3.53. The van der Waals surface area contributed by atoms with E-state index in [1.807, 2.05) is 61.5 Å². The molecule has 0 aromatic heterocycles. The molecule has 1 unspecified atom stereocenters. The van der Waals surface area contributed by atoms with Crippen LogP contribution in [-0.4, -0.2) is 32.0 Å². The van der Waals surface area contributed by atoms with Crippen molar-refractivity contribution in [2.75, 3.05) is 21.2 Å². The Morgan fingerprint density at radius 1 is 1.07 bits per heavy atom. The molecule has 1 heterocycles. The molecule has 1 amide bonds. The molecule has 0 bridgehead atoms. The van der Waals surface area contributed by atoms with E-state index in [1.165, 1.54) is 0 Å². The molecular weight excluding hydrogens is 356 g/mol. The van der Waals surface area contributed by atoms with Crippen molar-refractivity contribution >= 4 is 16.7 Å². The highest BCUT2D eigenvalue weighted by molar-refractivity contribution is 5.93. The summed E-state index contributed by atoms with van der Waals surface area (Å²) in [6.45, 7) is 0. The summed E-state index contributed by atoms with van der Waals surface area (Å²) in [6, 6.07) is 15.2. The van der Waals surface area contributed by atoms with Crippen LogP contribution in [-0.2, 0) is 4.79 Å². The molecule has 0 spiro atoms. The summed E-state index contributed by atoms with van der Waals surface area (Å²) in [4.78, 5) is 13.7. The topological polar surface area (TPSA) is 74.0 Å².